The number of unbranched alkanes of at least 4 members (excludes halogenated alkanes) is 4. The molecule has 0 aromatic heterocycles. The van der Waals surface area contributed by atoms with Crippen molar-refractivity contribution < 1.29 is 9.47 Å². The first-order chi connectivity index (χ1) is 9.72. The van der Waals surface area contributed by atoms with Gasteiger partial charge < -0.3 is 14.8 Å². The minimum absolute atomic E-state index is 0.669. The van der Waals surface area contributed by atoms with Gasteiger partial charge in [-0.1, -0.05) is 44.2 Å². The molecule has 0 atom stereocenters. The normalized spacial score (nSPS) is 10.6. The van der Waals surface area contributed by atoms with E-state index in [4.69, 9.17) is 21.1 Å². The van der Waals surface area contributed by atoms with E-state index in [0.29, 0.717) is 17.3 Å². The maximum Gasteiger partial charge on any atom is 0.165 e. The maximum atomic E-state index is 6.09. The number of hydrogen-bond acceptors (Lipinski definition) is 3. The molecular weight excluding hydrogens is 274 g/mol. The molecule has 1 N–H and O–H groups in total. The summed E-state index contributed by atoms with van der Waals surface area (Å²) in [6.45, 7) is 3.65. The quantitative estimate of drug-likeness (QED) is 0.649. The van der Waals surface area contributed by atoms with Crippen LogP contribution in [0.25, 0.3) is 0 Å². The summed E-state index contributed by atoms with van der Waals surface area (Å²) in [7, 11) is 3.55. The number of nitrogens with one attached hydrogen (secondary N) is 1. The second-order valence-corrected chi connectivity index (χ2v) is 5.33. The van der Waals surface area contributed by atoms with Crippen LogP contribution in [0.1, 0.15) is 44.6 Å². The predicted octanol–water partition coefficient (Wildman–Crippen LogP) is 4.42. The van der Waals surface area contributed by atoms with Crippen LogP contribution in [0, 0.1) is 0 Å². The molecule has 0 radical (unpaired) electrons. The first-order valence-corrected chi connectivity index (χ1v) is 7.74. The molecule has 0 heterocycles. The van der Waals surface area contributed by atoms with E-state index >= 15 is 0 Å². The van der Waals surface area contributed by atoms with Crippen molar-refractivity contribution in [3.63, 3.8) is 0 Å². The summed E-state index contributed by atoms with van der Waals surface area (Å²) in [6.07, 6.45) is 6.13. The van der Waals surface area contributed by atoms with Crippen LogP contribution in [0.3, 0.4) is 0 Å². The van der Waals surface area contributed by atoms with Crippen LogP contribution in [0.15, 0.2) is 12.1 Å². The van der Waals surface area contributed by atoms with Gasteiger partial charge in [0.15, 0.2) is 11.5 Å². The third kappa shape index (κ3) is 5.59. The zero-order valence-corrected chi connectivity index (χ0v) is 13.6. The lowest BCUT2D eigenvalue weighted by molar-refractivity contribution is 0.281. The predicted molar refractivity (Wildman–Crippen MR) is 85.0 cm³/mol. The van der Waals surface area contributed by atoms with Crippen LogP contribution < -0.4 is 14.8 Å². The maximum absolute atomic E-state index is 6.09. The molecule has 0 aliphatic rings. The van der Waals surface area contributed by atoms with Crippen molar-refractivity contribution in [3.8, 4) is 11.5 Å². The highest BCUT2D eigenvalue weighted by Gasteiger charge is 2.12. The van der Waals surface area contributed by atoms with Gasteiger partial charge in [-0.3, -0.25) is 0 Å². The van der Waals surface area contributed by atoms with Gasteiger partial charge in [-0.05, 0) is 19.5 Å². The highest BCUT2D eigenvalue weighted by Crippen LogP contribution is 2.34. The number of rotatable bonds is 10. The fraction of sp³-hybridized carbons (Fsp3) is 0.625. The van der Waals surface area contributed by atoms with E-state index in [-0.39, 0.29) is 0 Å². The topological polar surface area (TPSA) is 30.5 Å². The first kappa shape index (κ1) is 17.1. The first-order valence-electron chi connectivity index (χ1n) is 7.36. The van der Waals surface area contributed by atoms with Crippen molar-refractivity contribution in [1.29, 1.82) is 0 Å². The number of methoxy groups -OCH3 is 1. The van der Waals surface area contributed by atoms with Crippen LogP contribution in [-0.4, -0.2) is 20.8 Å². The van der Waals surface area contributed by atoms with Crippen molar-refractivity contribution >= 4 is 11.6 Å². The van der Waals surface area contributed by atoms with Crippen molar-refractivity contribution in [2.45, 2.75) is 45.6 Å². The number of halogens is 1. The Labute approximate surface area is 127 Å². The van der Waals surface area contributed by atoms with Crippen LogP contribution in [0.5, 0.6) is 11.5 Å². The fourth-order valence-electron chi connectivity index (χ4n) is 2.14. The molecule has 0 unspecified atom stereocenters. The smallest absolute Gasteiger partial charge is 0.165 e. The summed E-state index contributed by atoms with van der Waals surface area (Å²) < 4.78 is 11.3. The molecule has 0 aliphatic heterocycles. The molecule has 0 aliphatic carbocycles. The Bertz CT molecular complexity index is 396. The van der Waals surface area contributed by atoms with E-state index < -0.39 is 0 Å². The van der Waals surface area contributed by atoms with E-state index in [1.807, 2.05) is 13.1 Å². The summed E-state index contributed by atoms with van der Waals surface area (Å²) in [5.41, 5.74) is 1.03. The Morgan fingerprint density at radius 3 is 2.55 bits per heavy atom. The lowest BCUT2D eigenvalue weighted by Gasteiger charge is -2.15. The van der Waals surface area contributed by atoms with E-state index in [9.17, 15) is 0 Å². The van der Waals surface area contributed by atoms with E-state index in [0.717, 1.165) is 24.3 Å². The van der Waals surface area contributed by atoms with Crippen LogP contribution in [0.2, 0.25) is 5.02 Å². The lowest BCUT2D eigenvalue weighted by atomic mass is 10.1. The Morgan fingerprint density at radius 2 is 1.90 bits per heavy atom. The van der Waals surface area contributed by atoms with Crippen molar-refractivity contribution in [2.75, 3.05) is 20.8 Å². The number of ether oxygens (including phenoxy) is 2. The molecular formula is C16H26ClNO2. The van der Waals surface area contributed by atoms with Gasteiger partial charge in [0.25, 0.3) is 0 Å². The molecule has 1 rings (SSSR count). The second-order valence-electron chi connectivity index (χ2n) is 4.89. The average Bonchev–Trinajstić information content (AvgIpc) is 2.44. The highest BCUT2D eigenvalue weighted by atomic mass is 35.5. The molecule has 4 heteroatoms. The minimum atomic E-state index is 0.669. The summed E-state index contributed by atoms with van der Waals surface area (Å²) in [4.78, 5) is 0. The molecule has 0 spiro atoms. The Morgan fingerprint density at radius 1 is 1.15 bits per heavy atom. The van der Waals surface area contributed by atoms with Gasteiger partial charge in [0.2, 0.25) is 0 Å². The number of hydrogen-bond donors (Lipinski definition) is 1. The van der Waals surface area contributed by atoms with Gasteiger partial charge in [-0.15, -0.1) is 0 Å². The molecule has 3 nitrogen and oxygen atoms in total. The molecule has 0 fully saturated rings. The van der Waals surface area contributed by atoms with Crippen molar-refractivity contribution in [2.24, 2.45) is 0 Å². The second kappa shape index (κ2) is 9.89. The third-order valence-corrected chi connectivity index (χ3v) is 3.40. The Kier molecular flexibility index (Phi) is 8.47. The van der Waals surface area contributed by atoms with Gasteiger partial charge in [-0.2, -0.15) is 0 Å². The molecule has 0 amide bonds. The molecule has 0 saturated heterocycles. The van der Waals surface area contributed by atoms with Crippen LogP contribution in [0.4, 0.5) is 0 Å². The Hall–Kier alpha value is -0.930. The number of benzene rings is 1. The van der Waals surface area contributed by atoms with Crippen LogP contribution in [-0.2, 0) is 6.54 Å². The van der Waals surface area contributed by atoms with E-state index in [1.165, 1.54) is 25.7 Å². The van der Waals surface area contributed by atoms with Gasteiger partial charge in [-0.25, -0.2) is 0 Å². The van der Waals surface area contributed by atoms with Gasteiger partial charge >= 0.3 is 0 Å². The molecule has 1 aromatic rings. The van der Waals surface area contributed by atoms with Gasteiger partial charge in [0.1, 0.15) is 0 Å². The van der Waals surface area contributed by atoms with Gasteiger partial charge in [0.05, 0.1) is 13.7 Å². The zero-order chi connectivity index (χ0) is 14.8. The fourth-order valence-corrected chi connectivity index (χ4v) is 2.37. The van der Waals surface area contributed by atoms with Crippen molar-refractivity contribution in [3.05, 3.63) is 22.7 Å². The van der Waals surface area contributed by atoms with E-state index in [1.54, 1.807) is 13.2 Å². The minimum Gasteiger partial charge on any atom is -0.493 e. The SMILES string of the molecule is CCCCCCCOc1c(CNC)cc(Cl)cc1OC. The standard InChI is InChI=1S/C16H26ClNO2/c1-4-5-6-7-8-9-20-16-13(12-18-2)10-14(17)11-15(16)19-3/h10-11,18H,4-9,12H2,1-3H3. The molecule has 0 saturated carbocycles. The lowest BCUT2D eigenvalue weighted by Crippen LogP contribution is -2.09. The average molecular weight is 300 g/mol. The summed E-state index contributed by atoms with van der Waals surface area (Å²) in [6, 6.07) is 3.72. The summed E-state index contributed by atoms with van der Waals surface area (Å²) in [5, 5.41) is 3.80. The van der Waals surface area contributed by atoms with Crippen LogP contribution >= 0.6 is 11.6 Å². The largest absolute Gasteiger partial charge is 0.493 e. The molecule has 0 bridgehead atoms. The molecule has 1 aromatic carbocycles. The van der Waals surface area contributed by atoms with E-state index in [2.05, 4.69) is 12.2 Å². The Balaban J connectivity index is 2.61. The summed E-state index contributed by atoms with van der Waals surface area (Å²) in [5.74, 6) is 1.51. The molecule has 114 valence electrons. The highest BCUT2D eigenvalue weighted by molar-refractivity contribution is 6.30. The third-order valence-electron chi connectivity index (χ3n) is 3.18. The monoisotopic (exact) mass is 299 g/mol. The van der Waals surface area contributed by atoms with Crippen molar-refractivity contribution in [1.82, 2.24) is 5.32 Å². The summed E-state index contributed by atoms with van der Waals surface area (Å²) >= 11 is 6.09. The van der Waals surface area contributed by atoms with Gasteiger partial charge in [0, 0.05) is 23.2 Å². The molecule has 20 heavy (non-hydrogen) atoms. The zero-order valence-electron chi connectivity index (χ0n) is 12.8.